The van der Waals surface area contributed by atoms with Crippen LogP contribution in [0.3, 0.4) is 0 Å². The van der Waals surface area contributed by atoms with Gasteiger partial charge >= 0.3 is 5.97 Å². The van der Waals surface area contributed by atoms with E-state index in [1.807, 2.05) is 13.1 Å². The molecule has 0 bridgehead atoms. The van der Waals surface area contributed by atoms with Crippen LogP contribution >= 0.6 is 0 Å². The van der Waals surface area contributed by atoms with Gasteiger partial charge in [0, 0.05) is 23.9 Å². The zero-order valence-electron chi connectivity index (χ0n) is 9.62. The molecule has 1 heterocycles. The second-order valence-electron chi connectivity index (χ2n) is 4.24. The van der Waals surface area contributed by atoms with Crippen molar-refractivity contribution in [2.75, 3.05) is 14.2 Å². The van der Waals surface area contributed by atoms with Gasteiger partial charge in [0.15, 0.2) is 0 Å². The normalized spacial score (nSPS) is 16.9. The van der Waals surface area contributed by atoms with Gasteiger partial charge in [0.1, 0.15) is 0 Å². The van der Waals surface area contributed by atoms with Crippen molar-refractivity contribution >= 4 is 5.97 Å². The number of carbonyl (C=O) groups is 1. The van der Waals surface area contributed by atoms with Crippen molar-refractivity contribution in [3.63, 3.8) is 0 Å². The maximum Gasteiger partial charge on any atom is 0.339 e. The van der Waals surface area contributed by atoms with Crippen molar-refractivity contribution < 1.29 is 9.53 Å². The lowest BCUT2D eigenvalue weighted by Gasteiger charge is -2.12. The lowest BCUT2D eigenvalue weighted by Crippen LogP contribution is -2.29. The van der Waals surface area contributed by atoms with E-state index in [0.29, 0.717) is 5.56 Å². The second-order valence-corrected chi connectivity index (χ2v) is 4.24. The highest BCUT2D eigenvalue weighted by molar-refractivity contribution is 5.88. The quantitative estimate of drug-likeness (QED) is 0.774. The van der Waals surface area contributed by atoms with E-state index < -0.39 is 0 Å². The number of aromatic nitrogens is 1. The maximum atomic E-state index is 11.2. The maximum absolute atomic E-state index is 11.2. The summed E-state index contributed by atoms with van der Waals surface area (Å²) in [4.78, 5) is 15.5. The van der Waals surface area contributed by atoms with Gasteiger partial charge in [-0.15, -0.1) is 0 Å². The molecule has 4 heteroatoms. The average molecular weight is 220 g/mol. The van der Waals surface area contributed by atoms with E-state index >= 15 is 0 Å². The molecule has 86 valence electrons. The van der Waals surface area contributed by atoms with Crippen LogP contribution in [-0.4, -0.2) is 30.6 Å². The van der Waals surface area contributed by atoms with Gasteiger partial charge in [-0.25, -0.2) is 4.79 Å². The monoisotopic (exact) mass is 220 g/mol. The minimum atomic E-state index is -0.339. The molecule has 1 fully saturated rings. The summed E-state index contributed by atoms with van der Waals surface area (Å²) in [5.41, 5.74) is 1.76. The minimum Gasteiger partial charge on any atom is -0.465 e. The van der Waals surface area contributed by atoms with Crippen molar-refractivity contribution in [2.24, 2.45) is 0 Å². The molecule has 0 amide bonds. The molecule has 1 N–H and O–H groups in total. The summed E-state index contributed by atoms with van der Waals surface area (Å²) < 4.78 is 4.62. The topological polar surface area (TPSA) is 51.2 Å². The van der Waals surface area contributed by atoms with Crippen LogP contribution in [0.25, 0.3) is 0 Å². The Morgan fingerprint density at radius 1 is 1.56 bits per heavy atom. The molecule has 0 saturated heterocycles. The van der Waals surface area contributed by atoms with E-state index in [2.05, 4.69) is 15.0 Å². The number of nitrogens with zero attached hydrogens (tertiary/aromatic N) is 1. The van der Waals surface area contributed by atoms with E-state index in [1.54, 1.807) is 12.3 Å². The summed E-state index contributed by atoms with van der Waals surface area (Å²) >= 11 is 0. The lowest BCUT2D eigenvalue weighted by molar-refractivity contribution is 0.0600. The third kappa shape index (κ3) is 2.22. The fourth-order valence-electron chi connectivity index (χ4n) is 1.78. The Morgan fingerprint density at radius 2 is 2.31 bits per heavy atom. The summed E-state index contributed by atoms with van der Waals surface area (Å²) in [5.74, 6) is -0.339. The molecular formula is C12H16N2O2. The van der Waals surface area contributed by atoms with Gasteiger partial charge in [0.05, 0.1) is 12.7 Å². The Hall–Kier alpha value is -1.42. The third-order valence-corrected chi connectivity index (χ3v) is 3.15. The Labute approximate surface area is 95.0 Å². The van der Waals surface area contributed by atoms with E-state index in [4.69, 9.17) is 0 Å². The van der Waals surface area contributed by atoms with Gasteiger partial charge in [-0.2, -0.15) is 0 Å². The Bertz CT molecular complexity index is 383. The molecule has 1 aromatic heterocycles. The SMILES string of the molecule is CNC1(Cc2ccc(C(=O)OC)cn2)CC1. The first-order valence-electron chi connectivity index (χ1n) is 5.41. The molecule has 0 aliphatic heterocycles. The summed E-state index contributed by atoms with van der Waals surface area (Å²) in [6, 6.07) is 3.66. The molecule has 2 rings (SSSR count). The number of rotatable bonds is 4. The van der Waals surface area contributed by atoms with Crippen molar-refractivity contribution in [3.05, 3.63) is 29.6 Å². The van der Waals surface area contributed by atoms with Crippen LogP contribution in [0.5, 0.6) is 0 Å². The summed E-state index contributed by atoms with van der Waals surface area (Å²) in [6.07, 6.45) is 4.89. The molecule has 0 unspecified atom stereocenters. The molecule has 16 heavy (non-hydrogen) atoms. The third-order valence-electron chi connectivity index (χ3n) is 3.15. The number of nitrogens with one attached hydrogen (secondary N) is 1. The largest absolute Gasteiger partial charge is 0.465 e. The Balaban J connectivity index is 2.05. The van der Waals surface area contributed by atoms with Crippen molar-refractivity contribution in [1.29, 1.82) is 0 Å². The van der Waals surface area contributed by atoms with Crippen molar-refractivity contribution in [2.45, 2.75) is 24.8 Å². The summed E-state index contributed by atoms with van der Waals surface area (Å²) in [7, 11) is 3.35. The summed E-state index contributed by atoms with van der Waals surface area (Å²) in [6.45, 7) is 0. The molecule has 0 atom stereocenters. The van der Waals surface area contributed by atoms with Crippen LogP contribution in [0.15, 0.2) is 18.3 Å². The van der Waals surface area contributed by atoms with Gasteiger partial charge in [-0.05, 0) is 32.0 Å². The fraction of sp³-hybridized carbons (Fsp3) is 0.500. The minimum absolute atomic E-state index is 0.250. The molecule has 1 aliphatic carbocycles. The Morgan fingerprint density at radius 3 is 2.75 bits per heavy atom. The van der Waals surface area contributed by atoms with Gasteiger partial charge in [0.25, 0.3) is 0 Å². The van der Waals surface area contributed by atoms with Crippen LogP contribution < -0.4 is 5.32 Å². The van der Waals surface area contributed by atoms with E-state index in [9.17, 15) is 4.79 Å². The smallest absolute Gasteiger partial charge is 0.339 e. The lowest BCUT2D eigenvalue weighted by atomic mass is 10.1. The van der Waals surface area contributed by atoms with Crippen LogP contribution in [-0.2, 0) is 11.2 Å². The number of hydrogen-bond donors (Lipinski definition) is 1. The molecule has 4 nitrogen and oxygen atoms in total. The van der Waals surface area contributed by atoms with Gasteiger partial charge in [0.2, 0.25) is 0 Å². The number of hydrogen-bond acceptors (Lipinski definition) is 4. The predicted molar refractivity (Wildman–Crippen MR) is 60.3 cm³/mol. The highest BCUT2D eigenvalue weighted by Gasteiger charge is 2.41. The van der Waals surface area contributed by atoms with Crippen LogP contribution in [0.4, 0.5) is 0 Å². The first kappa shape index (κ1) is 11.1. The van der Waals surface area contributed by atoms with Crippen molar-refractivity contribution in [3.8, 4) is 0 Å². The molecule has 1 aromatic rings. The van der Waals surface area contributed by atoms with Crippen LogP contribution in [0.2, 0.25) is 0 Å². The van der Waals surface area contributed by atoms with Gasteiger partial charge in [-0.1, -0.05) is 0 Å². The van der Waals surface area contributed by atoms with E-state index in [1.165, 1.54) is 20.0 Å². The first-order valence-corrected chi connectivity index (χ1v) is 5.41. The molecular weight excluding hydrogens is 204 g/mol. The number of methoxy groups -OCH3 is 1. The van der Waals surface area contributed by atoms with Crippen molar-refractivity contribution in [1.82, 2.24) is 10.3 Å². The summed E-state index contributed by atoms with van der Waals surface area (Å²) in [5, 5.41) is 3.32. The average Bonchev–Trinajstić information content (AvgIpc) is 3.09. The van der Waals surface area contributed by atoms with E-state index in [-0.39, 0.29) is 11.5 Å². The zero-order valence-corrected chi connectivity index (χ0v) is 9.62. The van der Waals surface area contributed by atoms with Crippen LogP contribution in [0, 0.1) is 0 Å². The standard InChI is InChI=1S/C12H16N2O2/c1-13-12(5-6-12)7-10-4-3-9(8-14-10)11(15)16-2/h3-4,8,13H,5-7H2,1-2H3. The molecule has 0 aromatic carbocycles. The molecule has 0 radical (unpaired) electrons. The Kier molecular flexibility index (Phi) is 2.92. The van der Waals surface area contributed by atoms with Gasteiger partial charge < -0.3 is 10.1 Å². The number of likely N-dealkylation sites (N-methyl/N-ethyl adjacent to an activating group) is 1. The number of carbonyl (C=O) groups excluding carboxylic acids is 1. The van der Waals surface area contributed by atoms with E-state index in [0.717, 1.165) is 12.1 Å². The predicted octanol–water partition coefficient (Wildman–Crippen LogP) is 1.16. The number of esters is 1. The number of ether oxygens (including phenoxy) is 1. The first-order chi connectivity index (χ1) is 7.69. The van der Waals surface area contributed by atoms with Crippen LogP contribution in [0.1, 0.15) is 28.9 Å². The zero-order chi connectivity index (χ0) is 11.6. The highest BCUT2D eigenvalue weighted by atomic mass is 16.5. The number of pyridine rings is 1. The molecule has 1 aliphatic rings. The van der Waals surface area contributed by atoms with Gasteiger partial charge in [-0.3, -0.25) is 4.98 Å². The second kappa shape index (κ2) is 4.22. The molecule has 0 spiro atoms. The highest BCUT2D eigenvalue weighted by Crippen LogP contribution is 2.37. The molecule has 1 saturated carbocycles. The fourth-order valence-corrected chi connectivity index (χ4v) is 1.78.